The Morgan fingerprint density at radius 3 is 3.04 bits per heavy atom. The van der Waals surface area contributed by atoms with Gasteiger partial charge in [-0.05, 0) is 12.5 Å². The van der Waals surface area contributed by atoms with Gasteiger partial charge in [0, 0.05) is 39.6 Å². The van der Waals surface area contributed by atoms with E-state index in [0.29, 0.717) is 31.2 Å². The van der Waals surface area contributed by atoms with Crippen LogP contribution >= 0.6 is 0 Å². The summed E-state index contributed by atoms with van der Waals surface area (Å²) in [7, 11) is 3.79. The minimum atomic E-state index is -0.245. The third kappa shape index (κ3) is 3.96. The minimum absolute atomic E-state index is 0.0162. The number of carbonyl (C=O) groups excluding carboxylic acids is 1. The number of carbonyl (C=O) groups is 1. The zero-order chi connectivity index (χ0) is 17.8. The Kier molecular flexibility index (Phi) is 5.28. The van der Waals surface area contributed by atoms with Crippen molar-refractivity contribution < 1.29 is 9.53 Å². The van der Waals surface area contributed by atoms with Crippen molar-refractivity contribution in [2.75, 3.05) is 38.7 Å². The van der Waals surface area contributed by atoms with Crippen LogP contribution in [0.2, 0.25) is 0 Å². The van der Waals surface area contributed by atoms with Gasteiger partial charge in [-0.3, -0.25) is 9.48 Å². The van der Waals surface area contributed by atoms with Crippen molar-refractivity contribution in [2.45, 2.75) is 26.0 Å². The first kappa shape index (κ1) is 17.3. The molecule has 0 radical (unpaired) electrons. The molecular weight excluding hydrogens is 320 g/mol. The molecule has 0 aromatic carbocycles. The van der Waals surface area contributed by atoms with Crippen LogP contribution in [0.25, 0.3) is 0 Å². The van der Waals surface area contributed by atoms with Gasteiger partial charge in [-0.1, -0.05) is 6.92 Å². The third-order valence-electron chi connectivity index (χ3n) is 4.08. The summed E-state index contributed by atoms with van der Waals surface area (Å²) in [5.74, 6) is 0.614. The molecule has 25 heavy (non-hydrogen) atoms. The number of aryl methyl sites for hydroxylation is 1. The second-order valence-electron chi connectivity index (χ2n) is 6.28. The van der Waals surface area contributed by atoms with Gasteiger partial charge in [-0.2, -0.15) is 5.10 Å². The first-order chi connectivity index (χ1) is 12.1. The number of morpholine rings is 1. The molecule has 2 aromatic heterocycles. The SMILES string of the molecule is CCCn1cc(C(=O)N2CCO[C@@H](c3ccnc(N(C)C)n3)C2)cn1. The number of amides is 1. The molecule has 134 valence electrons. The Bertz CT molecular complexity index is 729. The van der Waals surface area contributed by atoms with Gasteiger partial charge in [0.1, 0.15) is 6.10 Å². The van der Waals surface area contributed by atoms with Gasteiger partial charge in [-0.15, -0.1) is 0 Å². The quantitative estimate of drug-likeness (QED) is 0.815. The van der Waals surface area contributed by atoms with Crippen LogP contribution < -0.4 is 4.90 Å². The van der Waals surface area contributed by atoms with Crippen molar-refractivity contribution in [1.29, 1.82) is 0 Å². The predicted molar refractivity (Wildman–Crippen MR) is 93.5 cm³/mol. The second kappa shape index (κ2) is 7.60. The molecule has 0 N–H and O–H groups in total. The van der Waals surface area contributed by atoms with Crippen LogP contribution in [0.15, 0.2) is 24.7 Å². The van der Waals surface area contributed by atoms with E-state index in [9.17, 15) is 4.79 Å². The molecule has 1 fully saturated rings. The van der Waals surface area contributed by atoms with E-state index in [4.69, 9.17) is 4.74 Å². The Labute approximate surface area is 147 Å². The highest BCUT2D eigenvalue weighted by atomic mass is 16.5. The van der Waals surface area contributed by atoms with E-state index in [2.05, 4.69) is 22.0 Å². The van der Waals surface area contributed by atoms with E-state index in [0.717, 1.165) is 18.7 Å². The van der Waals surface area contributed by atoms with Crippen LogP contribution in [0.3, 0.4) is 0 Å². The van der Waals surface area contributed by atoms with Gasteiger partial charge >= 0.3 is 0 Å². The van der Waals surface area contributed by atoms with Crippen LogP contribution in [0.5, 0.6) is 0 Å². The number of nitrogens with zero attached hydrogens (tertiary/aromatic N) is 6. The van der Waals surface area contributed by atoms with Gasteiger partial charge < -0.3 is 14.5 Å². The normalized spacial score (nSPS) is 17.6. The Hall–Kier alpha value is -2.48. The first-order valence-electron chi connectivity index (χ1n) is 8.52. The van der Waals surface area contributed by atoms with Crippen molar-refractivity contribution in [3.05, 3.63) is 35.9 Å². The molecule has 1 aliphatic rings. The molecule has 3 rings (SSSR count). The molecule has 8 heteroatoms. The van der Waals surface area contributed by atoms with Crippen molar-refractivity contribution in [3.8, 4) is 0 Å². The highest BCUT2D eigenvalue weighted by Gasteiger charge is 2.28. The van der Waals surface area contributed by atoms with Gasteiger partial charge in [0.2, 0.25) is 5.95 Å². The molecule has 0 aliphatic carbocycles. The molecule has 1 aliphatic heterocycles. The summed E-state index contributed by atoms with van der Waals surface area (Å²) >= 11 is 0. The zero-order valence-electron chi connectivity index (χ0n) is 14.9. The number of ether oxygens (including phenoxy) is 1. The Morgan fingerprint density at radius 2 is 2.28 bits per heavy atom. The number of aromatic nitrogens is 4. The van der Waals surface area contributed by atoms with Crippen molar-refractivity contribution in [1.82, 2.24) is 24.6 Å². The molecule has 1 saturated heterocycles. The average molecular weight is 344 g/mol. The third-order valence-corrected chi connectivity index (χ3v) is 4.08. The van der Waals surface area contributed by atoms with E-state index in [1.54, 1.807) is 22.0 Å². The van der Waals surface area contributed by atoms with Crippen molar-refractivity contribution in [2.24, 2.45) is 0 Å². The fourth-order valence-corrected chi connectivity index (χ4v) is 2.78. The molecule has 0 bridgehead atoms. The number of hydrogen-bond donors (Lipinski definition) is 0. The standard InChI is InChI=1S/C17H24N6O2/c1-4-7-23-11-13(10-19-23)16(24)22-8-9-25-15(12-22)14-5-6-18-17(20-14)21(2)3/h5-6,10-11,15H,4,7-9,12H2,1-3H3/t15-/m1/s1. The minimum Gasteiger partial charge on any atom is -0.368 e. The lowest BCUT2D eigenvalue weighted by Crippen LogP contribution is -2.42. The number of anilines is 1. The summed E-state index contributed by atoms with van der Waals surface area (Å²) in [6, 6.07) is 1.84. The summed E-state index contributed by atoms with van der Waals surface area (Å²) in [6.45, 7) is 4.43. The summed E-state index contributed by atoms with van der Waals surface area (Å²) in [5, 5.41) is 4.24. The van der Waals surface area contributed by atoms with E-state index in [1.165, 1.54) is 0 Å². The van der Waals surface area contributed by atoms with Crippen LogP contribution in [0.1, 0.15) is 35.5 Å². The lowest BCUT2D eigenvalue weighted by Gasteiger charge is -2.32. The molecule has 8 nitrogen and oxygen atoms in total. The van der Waals surface area contributed by atoms with Crippen LogP contribution in [0.4, 0.5) is 5.95 Å². The molecule has 0 saturated carbocycles. The molecular formula is C17H24N6O2. The van der Waals surface area contributed by atoms with E-state index < -0.39 is 0 Å². The van der Waals surface area contributed by atoms with Crippen LogP contribution in [0, 0.1) is 0 Å². The predicted octanol–water partition coefficient (Wildman–Crippen LogP) is 1.36. The molecule has 0 unspecified atom stereocenters. The van der Waals surface area contributed by atoms with Crippen LogP contribution in [-0.4, -0.2) is 64.3 Å². The topological polar surface area (TPSA) is 76.4 Å². The number of rotatable bonds is 5. The van der Waals surface area contributed by atoms with E-state index >= 15 is 0 Å². The van der Waals surface area contributed by atoms with E-state index in [-0.39, 0.29) is 12.0 Å². The maximum atomic E-state index is 12.7. The summed E-state index contributed by atoms with van der Waals surface area (Å²) in [4.78, 5) is 25.1. The molecule has 2 aromatic rings. The smallest absolute Gasteiger partial charge is 0.257 e. The fourth-order valence-electron chi connectivity index (χ4n) is 2.78. The number of hydrogen-bond acceptors (Lipinski definition) is 6. The molecule has 1 atom stereocenters. The summed E-state index contributed by atoms with van der Waals surface area (Å²) in [5.41, 5.74) is 1.41. The maximum Gasteiger partial charge on any atom is 0.257 e. The zero-order valence-corrected chi connectivity index (χ0v) is 14.9. The van der Waals surface area contributed by atoms with Gasteiger partial charge in [0.05, 0.1) is 30.6 Å². The van der Waals surface area contributed by atoms with Gasteiger partial charge in [0.25, 0.3) is 5.91 Å². The largest absolute Gasteiger partial charge is 0.368 e. The van der Waals surface area contributed by atoms with Crippen LogP contribution in [-0.2, 0) is 11.3 Å². The highest BCUT2D eigenvalue weighted by Crippen LogP contribution is 2.22. The fraction of sp³-hybridized carbons (Fsp3) is 0.529. The first-order valence-corrected chi connectivity index (χ1v) is 8.52. The monoisotopic (exact) mass is 344 g/mol. The van der Waals surface area contributed by atoms with Gasteiger partial charge in [0.15, 0.2) is 0 Å². The highest BCUT2D eigenvalue weighted by molar-refractivity contribution is 5.93. The molecule has 3 heterocycles. The second-order valence-corrected chi connectivity index (χ2v) is 6.28. The maximum absolute atomic E-state index is 12.7. The summed E-state index contributed by atoms with van der Waals surface area (Å²) < 4.78 is 7.64. The molecule has 1 amide bonds. The Balaban J connectivity index is 1.72. The summed E-state index contributed by atoms with van der Waals surface area (Å²) in [6.07, 6.45) is 5.90. The van der Waals surface area contributed by atoms with Crippen molar-refractivity contribution >= 4 is 11.9 Å². The van der Waals surface area contributed by atoms with Gasteiger partial charge in [-0.25, -0.2) is 9.97 Å². The van der Waals surface area contributed by atoms with E-state index in [1.807, 2.05) is 31.3 Å². The average Bonchev–Trinajstić information content (AvgIpc) is 3.10. The lowest BCUT2D eigenvalue weighted by atomic mass is 10.2. The van der Waals surface area contributed by atoms with Crippen molar-refractivity contribution in [3.63, 3.8) is 0 Å². The lowest BCUT2D eigenvalue weighted by molar-refractivity contribution is -0.0247. The molecule has 0 spiro atoms. The Morgan fingerprint density at radius 1 is 1.44 bits per heavy atom.